The summed E-state index contributed by atoms with van der Waals surface area (Å²) in [6, 6.07) is 8.39. The Morgan fingerprint density at radius 2 is 2.00 bits per heavy atom. The molecule has 7 heteroatoms. The van der Waals surface area contributed by atoms with Gasteiger partial charge in [0.15, 0.2) is 5.65 Å². The number of pyridine rings is 1. The molecule has 0 aliphatic carbocycles. The third-order valence-corrected chi connectivity index (χ3v) is 5.00. The van der Waals surface area contributed by atoms with Crippen molar-refractivity contribution in [2.75, 3.05) is 18.1 Å². The van der Waals surface area contributed by atoms with Crippen LogP contribution in [0.15, 0.2) is 43.0 Å². The summed E-state index contributed by atoms with van der Waals surface area (Å²) >= 11 is 0. The van der Waals surface area contributed by atoms with Gasteiger partial charge in [0, 0.05) is 35.6 Å². The Balaban J connectivity index is 1.52. The number of nitrogens with zero attached hydrogens (tertiary/aromatic N) is 5. The number of anilines is 1. The van der Waals surface area contributed by atoms with E-state index in [2.05, 4.69) is 48.0 Å². The molecule has 5 rings (SSSR count). The minimum Gasteiger partial charge on any atom is -0.491 e. The van der Waals surface area contributed by atoms with Crippen LogP contribution in [-0.4, -0.2) is 38.1 Å². The Hall–Kier alpha value is -3.48. The van der Waals surface area contributed by atoms with E-state index < -0.39 is 0 Å². The number of aryl methyl sites for hydroxylation is 2. The number of hydrogen-bond acceptors (Lipinski definition) is 6. The lowest BCUT2D eigenvalue weighted by atomic mass is 10.0. The van der Waals surface area contributed by atoms with Crippen molar-refractivity contribution in [3.8, 4) is 16.9 Å². The highest BCUT2D eigenvalue weighted by Gasteiger charge is 2.19. The maximum absolute atomic E-state index is 5.99. The Labute approximate surface area is 162 Å². The zero-order chi connectivity index (χ0) is 19.1. The van der Waals surface area contributed by atoms with E-state index in [-0.39, 0.29) is 0 Å². The van der Waals surface area contributed by atoms with Crippen molar-refractivity contribution >= 4 is 17.0 Å². The smallest absolute Gasteiger partial charge is 0.177 e. The molecule has 0 unspecified atom stereocenters. The molecular weight excluding hydrogens is 352 g/mol. The number of rotatable bonds is 2. The second-order valence-electron chi connectivity index (χ2n) is 7.04. The third kappa shape index (κ3) is 2.94. The molecular formula is C21H20N6O. The Bertz CT molecular complexity index is 1170. The van der Waals surface area contributed by atoms with Crippen molar-refractivity contribution in [1.29, 1.82) is 0 Å². The highest BCUT2D eigenvalue weighted by molar-refractivity contribution is 5.78. The van der Waals surface area contributed by atoms with E-state index in [1.807, 2.05) is 32.3 Å². The third-order valence-electron chi connectivity index (χ3n) is 5.00. The molecule has 0 radical (unpaired) electrons. The summed E-state index contributed by atoms with van der Waals surface area (Å²) in [5.74, 6) is 2.74. The maximum atomic E-state index is 5.99. The summed E-state index contributed by atoms with van der Waals surface area (Å²) in [4.78, 5) is 22.9. The predicted molar refractivity (Wildman–Crippen MR) is 107 cm³/mol. The van der Waals surface area contributed by atoms with Gasteiger partial charge in [-0.25, -0.2) is 19.9 Å². The number of nitrogens with one attached hydrogen (secondary N) is 1. The van der Waals surface area contributed by atoms with Gasteiger partial charge in [-0.3, -0.25) is 0 Å². The Morgan fingerprint density at radius 1 is 1.07 bits per heavy atom. The Kier molecular flexibility index (Phi) is 3.93. The molecule has 7 nitrogen and oxygen atoms in total. The lowest BCUT2D eigenvalue weighted by molar-refractivity contribution is 0.331. The first-order chi connectivity index (χ1) is 13.7. The highest BCUT2D eigenvalue weighted by atomic mass is 16.5. The summed E-state index contributed by atoms with van der Waals surface area (Å²) < 4.78 is 5.99. The van der Waals surface area contributed by atoms with Gasteiger partial charge in [-0.2, -0.15) is 0 Å². The monoisotopic (exact) mass is 372 g/mol. The van der Waals surface area contributed by atoms with Crippen LogP contribution >= 0.6 is 0 Å². The van der Waals surface area contributed by atoms with Crippen LogP contribution in [0.2, 0.25) is 0 Å². The predicted octanol–water partition coefficient (Wildman–Crippen LogP) is 3.43. The molecule has 4 heterocycles. The van der Waals surface area contributed by atoms with E-state index in [1.54, 1.807) is 6.33 Å². The van der Waals surface area contributed by atoms with Gasteiger partial charge in [-0.05, 0) is 37.6 Å². The zero-order valence-corrected chi connectivity index (χ0v) is 15.8. The molecule has 0 atom stereocenters. The summed E-state index contributed by atoms with van der Waals surface area (Å²) in [6.07, 6.45) is 5.31. The highest BCUT2D eigenvalue weighted by Crippen LogP contribution is 2.31. The van der Waals surface area contributed by atoms with Gasteiger partial charge < -0.3 is 14.6 Å². The number of H-pyrrole nitrogens is 1. The van der Waals surface area contributed by atoms with Gasteiger partial charge in [0.05, 0.1) is 12.1 Å². The van der Waals surface area contributed by atoms with Crippen LogP contribution in [0.3, 0.4) is 0 Å². The minimum atomic E-state index is 0.622. The molecule has 28 heavy (non-hydrogen) atoms. The van der Waals surface area contributed by atoms with Crippen molar-refractivity contribution in [1.82, 2.24) is 24.9 Å². The van der Waals surface area contributed by atoms with Crippen LogP contribution in [0.5, 0.6) is 5.75 Å². The summed E-state index contributed by atoms with van der Waals surface area (Å²) in [7, 11) is 0. The summed E-state index contributed by atoms with van der Waals surface area (Å²) in [6.45, 7) is 6.11. The van der Waals surface area contributed by atoms with Crippen LogP contribution < -0.4 is 9.64 Å². The molecule has 1 N–H and O–H groups in total. The number of aromatic nitrogens is 5. The molecule has 4 aromatic rings. The number of aromatic amines is 1. The normalized spacial score (nSPS) is 13.9. The summed E-state index contributed by atoms with van der Waals surface area (Å²) in [5.41, 5.74) is 6.03. The van der Waals surface area contributed by atoms with Gasteiger partial charge in [-0.15, -0.1) is 0 Å². The van der Waals surface area contributed by atoms with Crippen LogP contribution in [0.25, 0.3) is 22.3 Å². The van der Waals surface area contributed by atoms with E-state index in [0.29, 0.717) is 6.61 Å². The van der Waals surface area contributed by atoms with Gasteiger partial charge >= 0.3 is 0 Å². The van der Waals surface area contributed by atoms with E-state index >= 15 is 0 Å². The summed E-state index contributed by atoms with van der Waals surface area (Å²) in [5, 5.41) is 0. The first kappa shape index (κ1) is 16.7. The van der Waals surface area contributed by atoms with Crippen molar-refractivity contribution < 1.29 is 4.74 Å². The first-order valence-electron chi connectivity index (χ1n) is 9.27. The molecule has 0 saturated heterocycles. The minimum absolute atomic E-state index is 0.622. The van der Waals surface area contributed by atoms with Crippen molar-refractivity contribution in [3.63, 3.8) is 0 Å². The van der Waals surface area contributed by atoms with Crippen LogP contribution in [0.4, 0.5) is 5.82 Å². The van der Waals surface area contributed by atoms with Gasteiger partial charge in [0.2, 0.25) is 0 Å². The average Bonchev–Trinajstić information content (AvgIpc) is 2.94. The molecule has 0 spiro atoms. The standard InChI is InChI=1S/C21H20N6O/c1-13-9-22-12-24-21(13)27-5-6-28-19-4-3-15(7-17(19)11-27)16-8-18-20(23-10-16)26-14(2)25-18/h3-4,7-10,12H,5-6,11H2,1-2H3,(H,23,25,26). The molecule has 140 valence electrons. The van der Waals surface area contributed by atoms with E-state index in [9.17, 15) is 0 Å². The fourth-order valence-electron chi connectivity index (χ4n) is 3.66. The number of hydrogen-bond donors (Lipinski definition) is 1. The van der Waals surface area contributed by atoms with Crippen LogP contribution in [0, 0.1) is 13.8 Å². The van der Waals surface area contributed by atoms with E-state index in [1.165, 1.54) is 0 Å². The average molecular weight is 372 g/mol. The lowest BCUT2D eigenvalue weighted by Gasteiger charge is -2.22. The molecule has 1 aliphatic rings. The largest absolute Gasteiger partial charge is 0.491 e. The molecule has 0 fully saturated rings. The van der Waals surface area contributed by atoms with Crippen molar-refractivity contribution in [2.45, 2.75) is 20.4 Å². The number of fused-ring (bicyclic) bond motifs is 2. The van der Waals surface area contributed by atoms with E-state index in [0.717, 1.165) is 63.9 Å². The number of ether oxygens (including phenoxy) is 1. The molecule has 0 bridgehead atoms. The molecule has 0 saturated carbocycles. The lowest BCUT2D eigenvalue weighted by Crippen LogP contribution is -2.27. The van der Waals surface area contributed by atoms with E-state index in [4.69, 9.17) is 4.74 Å². The van der Waals surface area contributed by atoms with Crippen LogP contribution in [0.1, 0.15) is 17.0 Å². The van der Waals surface area contributed by atoms with Gasteiger partial charge in [0.25, 0.3) is 0 Å². The fraction of sp³-hybridized carbons (Fsp3) is 0.238. The Morgan fingerprint density at radius 3 is 2.89 bits per heavy atom. The van der Waals surface area contributed by atoms with Gasteiger partial charge in [0.1, 0.15) is 30.3 Å². The number of benzene rings is 1. The SMILES string of the molecule is Cc1nc2ncc(-c3ccc4c(c3)CN(c3ncncc3C)CCO4)cc2[nH]1. The maximum Gasteiger partial charge on any atom is 0.177 e. The topological polar surface area (TPSA) is 79.8 Å². The van der Waals surface area contributed by atoms with Gasteiger partial charge in [-0.1, -0.05) is 6.07 Å². The second kappa shape index (κ2) is 6.60. The van der Waals surface area contributed by atoms with Crippen LogP contribution in [-0.2, 0) is 6.54 Å². The van der Waals surface area contributed by atoms with Crippen molar-refractivity contribution in [3.05, 3.63) is 59.9 Å². The molecule has 1 aliphatic heterocycles. The van der Waals surface area contributed by atoms with Crippen molar-refractivity contribution in [2.24, 2.45) is 0 Å². The fourth-order valence-corrected chi connectivity index (χ4v) is 3.66. The molecule has 3 aromatic heterocycles. The first-order valence-corrected chi connectivity index (χ1v) is 9.27. The zero-order valence-electron chi connectivity index (χ0n) is 15.8. The number of imidazole rings is 1. The second-order valence-corrected chi connectivity index (χ2v) is 7.04. The molecule has 0 amide bonds. The molecule has 1 aromatic carbocycles. The quantitative estimate of drug-likeness (QED) is 0.581.